The van der Waals surface area contributed by atoms with Crippen LogP contribution < -0.4 is 5.73 Å². The number of allylic oxidation sites excluding steroid dienone is 1. The lowest BCUT2D eigenvalue weighted by atomic mass is 10.1. The minimum Gasteiger partial charge on any atom is -0.366 e. The SMILES string of the molecule is C/C(=C\C(N)=O)c1ccc(CP(=O)(O)O)cc1. The lowest BCUT2D eigenvalue weighted by molar-refractivity contribution is -0.113. The number of carbonyl (C=O) groups excluding carboxylic acids is 1. The predicted molar refractivity (Wildman–Crippen MR) is 65.0 cm³/mol. The first kappa shape index (κ1) is 13.6. The molecule has 0 aliphatic carbocycles. The number of hydrogen-bond donors (Lipinski definition) is 3. The van der Waals surface area contributed by atoms with Crippen molar-refractivity contribution in [3.63, 3.8) is 0 Å². The zero-order valence-corrected chi connectivity index (χ0v) is 10.2. The minimum atomic E-state index is -4.04. The number of benzene rings is 1. The molecule has 0 unspecified atom stereocenters. The molecule has 0 saturated carbocycles. The maximum absolute atomic E-state index is 10.8. The van der Waals surface area contributed by atoms with Gasteiger partial charge < -0.3 is 15.5 Å². The Morgan fingerprint density at radius 3 is 2.29 bits per heavy atom. The van der Waals surface area contributed by atoms with Gasteiger partial charge in [0.25, 0.3) is 0 Å². The van der Waals surface area contributed by atoms with Crippen molar-refractivity contribution in [2.24, 2.45) is 5.73 Å². The first-order valence-corrected chi connectivity index (χ1v) is 6.69. The van der Waals surface area contributed by atoms with Gasteiger partial charge in [0.1, 0.15) is 0 Å². The van der Waals surface area contributed by atoms with Gasteiger partial charge in [-0.05, 0) is 23.6 Å². The monoisotopic (exact) mass is 255 g/mol. The molecule has 0 aromatic heterocycles. The van der Waals surface area contributed by atoms with E-state index >= 15 is 0 Å². The Balaban J connectivity index is 2.89. The zero-order chi connectivity index (χ0) is 13.1. The molecule has 0 aliphatic rings. The van der Waals surface area contributed by atoms with Crippen molar-refractivity contribution in [1.29, 1.82) is 0 Å². The van der Waals surface area contributed by atoms with Crippen molar-refractivity contribution in [1.82, 2.24) is 0 Å². The Labute approximate surface area is 99.1 Å². The molecule has 92 valence electrons. The molecule has 0 atom stereocenters. The summed E-state index contributed by atoms with van der Waals surface area (Å²) in [6.45, 7) is 1.74. The first-order chi connectivity index (χ1) is 7.78. The molecular weight excluding hydrogens is 241 g/mol. The molecule has 1 aromatic rings. The minimum absolute atomic E-state index is 0.286. The van der Waals surface area contributed by atoms with E-state index in [1.54, 1.807) is 31.2 Å². The molecule has 0 bridgehead atoms. The average Bonchev–Trinajstić information content (AvgIpc) is 2.15. The van der Waals surface area contributed by atoms with Gasteiger partial charge in [-0.25, -0.2) is 0 Å². The van der Waals surface area contributed by atoms with Gasteiger partial charge in [0, 0.05) is 6.08 Å². The molecule has 1 aromatic carbocycles. The number of primary amides is 1. The fraction of sp³-hybridized carbons (Fsp3) is 0.182. The molecular formula is C11H14NO4P. The van der Waals surface area contributed by atoms with Crippen molar-refractivity contribution >= 4 is 19.1 Å². The second-order valence-electron chi connectivity index (χ2n) is 3.75. The van der Waals surface area contributed by atoms with Gasteiger partial charge in [0.15, 0.2) is 0 Å². The standard InChI is InChI=1S/C11H14NO4P/c1-8(6-11(12)13)10-4-2-9(3-5-10)7-17(14,15)16/h2-6H,7H2,1H3,(H2,12,13)(H2,14,15,16)/b8-6+. The van der Waals surface area contributed by atoms with Gasteiger partial charge in [-0.2, -0.15) is 0 Å². The summed E-state index contributed by atoms with van der Waals surface area (Å²) in [4.78, 5) is 28.3. The average molecular weight is 255 g/mol. The third-order valence-corrected chi connectivity index (χ3v) is 2.93. The molecule has 0 aliphatic heterocycles. The fourth-order valence-electron chi connectivity index (χ4n) is 1.41. The van der Waals surface area contributed by atoms with Crippen molar-refractivity contribution in [2.75, 3.05) is 0 Å². The summed E-state index contributed by atoms with van der Waals surface area (Å²) in [5.74, 6) is -0.526. The van der Waals surface area contributed by atoms with Crippen LogP contribution in [0, 0.1) is 0 Å². The highest BCUT2D eigenvalue weighted by molar-refractivity contribution is 7.50. The Morgan fingerprint density at radius 2 is 1.88 bits per heavy atom. The van der Waals surface area contributed by atoms with Gasteiger partial charge in [0.05, 0.1) is 6.16 Å². The summed E-state index contributed by atoms with van der Waals surface area (Å²) in [6, 6.07) is 6.62. The molecule has 0 heterocycles. The summed E-state index contributed by atoms with van der Waals surface area (Å²) in [5.41, 5.74) is 7.07. The third kappa shape index (κ3) is 4.95. The Morgan fingerprint density at radius 1 is 1.35 bits per heavy atom. The molecule has 4 N–H and O–H groups in total. The molecule has 6 heteroatoms. The molecule has 1 rings (SSSR count). The Hall–Kier alpha value is -1.42. The van der Waals surface area contributed by atoms with E-state index in [0.29, 0.717) is 11.1 Å². The van der Waals surface area contributed by atoms with E-state index in [4.69, 9.17) is 15.5 Å². The molecule has 0 fully saturated rings. The first-order valence-electron chi connectivity index (χ1n) is 4.89. The highest BCUT2D eigenvalue weighted by atomic mass is 31.2. The maximum Gasteiger partial charge on any atom is 0.329 e. The van der Waals surface area contributed by atoms with Gasteiger partial charge in [0.2, 0.25) is 5.91 Å². The van der Waals surface area contributed by atoms with E-state index in [1.165, 1.54) is 6.08 Å². The van der Waals surface area contributed by atoms with Gasteiger partial charge in [-0.15, -0.1) is 0 Å². The van der Waals surface area contributed by atoms with Gasteiger partial charge in [-0.3, -0.25) is 9.36 Å². The molecule has 17 heavy (non-hydrogen) atoms. The second-order valence-corrected chi connectivity index (χ2v) is 5.40. The Kier molecular flexibility index (Phi) is 4.23. The summed E-state index contributed by atoms with van der Waals surface area (Å²) in [6.07, 6.45) is 1.02. The van der Waals surface area contributed by atoms with Crippen LogP contribution in [-0.2, 0) is 15.5 Å². The zero-order valence-electron chi connectivity index (χ0n) is 9.33. The third-order valence-electron chi connectivity index (χ3n) is 2.16. The normalized spacial score (nSPS) is 12.5. The lowest BCUT2D eigenvalue weighted by Gasteiger charge is -2.05. The van der Waals surface area contributed by atoms with Gasteiger partial charge >= 0.3 is 7.60 Å². The second kappa shape index (κ2) is 5.27. The number of hydrogen-bond acceptors (Lipinski definition) is 2. The predicted octanol–water partition coefficient (Wildman–Crippen LogP) is 1.25. The van der Waals surface area contributed by atoms with Crippen LogP contribution in [-0.4, -0.2) is 15.7 Å². The quantitative estimate of drug-likeness (QED) is 0.556. The van der Waals surface area contributed by atoms with Crippen LogP contribution in [0.15, 0.2) is 30.3 Å². The van der Waals surface area contributed by atoms with Crippen molar-refractivity contribution in [2.45, 2.75) is 13.1 Å². The molecule has 0 saturated heterocycles. The summed E-state index contributed by atoms with van der Waals surface area (Å²) < 4.78 is 10.8. The summed E-state index contributed by atoms with van der Waals surface area (Å²) in [5, 5.41) is 0. The summed E-state index contributed by atoms with van der Waals surface area (Å²) in [7, 11) is -4.04. The van der Waals surface area contributed by atoms with Crippen LogP contribution in [0.4, 0.5) is 0 Å². The topological polar surface area (TPSA) is 101 Å². The number of rotatable bonds is 4. The van der Waals surface area contributed by atoms with E-state index in [-0.39, 0.29) is 6.16 Å². The van der Waals surface area contributed by atoms with Crippen molar-refractivity contribution in [3.8, 4) is 0 Å². The van der Waals surface area contributed by atoms with Crippen molar-refractivity contribution in [3.05, 3.63) is 41.5 Å². The largest absolute Gasteiger partial charge is 0.366 e. The highest BCUT2D eigenvalue weighted by Crippen LogP contribution is 2.39. The molecule has 0 radical (unpaired) electrons. The Bertz CT molecular complexity index is 487. The summed E-state index contributed by atoms with van der Waals surface area (Å²) >= 11 is 0. The lowest BCUT2D eigenvalue weighted by Crippen LogP contribution is -2.06. The van der Waals surface area contributed by atoms with E-state index in [0.717, 1.165) is 5.56 Å². The van der Waals surface area contributed by atoms with E-state index in [2.05, 4.69) is 0 Å². The van der Waals surface area contributed by atoms with E-state index < -0.39 is 13.5 Å². The van der Waals surface area contributed by atoms with Gasteiger partial charge in [-0.1, -0.05) is 24.3 Å². The molecule has 1 amide bonds. The number of carbonyl (C=O) groups is 1. The molecule has 0 spiro atoms. The number of amides is 1. The van der Waals surface area contributed by atoms with Crippen molar-refractivity contribution < 1.29 is 19.1 Å². The maximum atomic E-state index is 10.8. The molecule has 5 nitrogen and oxygen atoms in total. The fourth-order valence-corrected chi connectivity index (χ4v) is 2.09. The van der Waals surface area contributed by atoms with Crippen LogP contribution in [0.1, 0.15) is 18.1 Å². The van der Waals surface area contributed by atoms with E-state index in [9.17, 15) is 9.36 Å². The van der Waals surface area contributed by atoms with Crippen LogP contribution in [0.2, 0.25) is 0 Å². The van der Waals surface area contributed by atoms with E-state index in [1.807, 2.05) is 0 Å². The van der Waals surface area contributed by atoms with Crippen LogP contribution >= 0.6 is 7.60 Å². The highest BCUT2D eigenvalue weighted by Gasteiger charge is 2.13. The smallest absolute Gasteiger partial charge is 0.329 e. The number of nitrogens with two attached hydrogens (primary N) is 1. The van der Waals surface area contributed by atoms with Crippen LogP contribution in [0.5, 0.6) is 0 Å². The van der Waals surface area contributed by atoms with Crippen LogP contribution in [0.3, 0.4) is 0 Å². The van der Waals surface area contributed by atoms with Crippen LogP contribution in [0.25, 0.3) is 5.57 Å².